The average molecular weight is 322 g/mol. The summed E-state index contributed by atoms with van der Waals surface area (Å²) in [4.78, 5) is 14.7. The van der Waals surface area contributed by atoms with Crippen LogP contribution < -0.4 is 10.2 Å². The Morgan fingerprint density at radius 3 is 2.21 bits per heavy atom. The molecule has 1 saturated carbocycles. The predicted molar refractivity (Wildman–Crippen MR) is 98.9 cm³/mol. The van der Waals surface area contributed by atoms with Gasteiger partial charge in [0.1, 0.15) is 0 Å². The molecule has 1 fully saturated rings. The maximum Gasteiger partial charge on any atom is 0.241 e. The first kappa shape index (κ1) is 16.7. The number of carbonyl (C=O) groups excluding carboxylic acids is 1. The first-order valence-electron chi connectivity index (χ1n) is 8.95. The lowest BCUT2D eigenvalue weighted by atomic mass is 9.95. The van der Waals surface area contributed by atoms with Crippen molar-refractivity contribution in [3.05, 3.63) is 66.2 Å². The highest BCUT2D eigenvalue weighted by atomic mass is 16.2. The van der Waals surface area contributed by atoms with E-state index in [1.165, 1.54) is 32.1 Å². The minimum Gasteiger partial charge on any atom is -0.307 e. The fourth-order valence-electron chi connectivity index (χ4n) is 3.33. The zero-order valence-corrected chi connectivity index (χ0v) is 14.2. The molecule has 0 heterocycles. The van der Waals surface area contributed by atoms with Crippen molar-refractivity contribution in [2.45, 2.75) is 44.7 Å². The van der Waals surface area contributed by atoms with Gasteiger partial charge in [-0.1, -0.05) is 67.8 Å². The van der Waals surface area contributed by atoms with Crippen LogP contribution in [-0.4, -0.2) is 18.5 Å². The molecule has 126 valence electrons. The average Bonchev–Trinajstić information content (AvgIpc) is 2.66. The summed E-state index contributed by atoms with van der Waals surface area (Å²) in [5.41, 5.74) is 2.10. The molecule has 3 heteroatoms. The lowest BCUT2D eigenvalue weighted by Gasteiger charge is -2.26. The second-order valence-electron chi connectivity index (χ2n) is 6.52. The number of nitrogens with zero attached hydrogens (tertiary/aromatic N) is 1. The van der Waals surface area contributed by atoms with Crippen LogP contribution in [0.3, 0.4) is 0 Å². The van der Waals surface area contributed by atoms with Crippen LogP contribution in [0.15, 0.2) is 60.7 Å². The molecule has 0 saturated heterocycles. The second kappa shape index (κ2) is 8.65. The van der Waals surface area contributed by atoms with Crippen molar-refractivity contribution in [3.63, 3.8) is 0 Å². The molecule has 24 heavy (non-hydrogen) atoms. The number of benzene rings is 2. The van der Waals surface area contributed by atoms with Gasteiger partial charge in [-0.3, -0.25) is 4.79 Å². The fraction of sp³-hybridized carbons (Fsp3) is 0.381. The van der Waals surface area contributed by atoms with Gasteiger partial charge >= 0.3 is 0 Å². The molecule has 0 aromatic heterocycles. The summed E-state index contributed by atoms with van der Waals surface area (Å²) in [7, 11) is 0. The SMILES string of the molecule is O=C(CNC1CCCCC1)N(Cc1ccccc1)c1ccccc1. The molecule has 0 bridgehead atoms. The number of nitrogens with one attached hydrogen (secondary N) is 1. The van der Waals surface area contributed by atoms with Crippen LogP contribution >= 0.6 is 0 Å². The molecule has 0 atom stereocenters. The molecular weight excluding hydrogens is 296 g/mol. The van der Waals surface area contributed by atoms with E-state index in [9.17, 15) is 4.79 Å². The number of rotatable bonds is 6. The Labute approximate surface area is 144 Å². The van der Waals surface area contributed by atoms with Crippen LogP contribution in [-0.2, 0) is 11.3 Å². The largest absolute Gasteiger partial charge is 0.307 e. The lowest BCUT2D eigenvalue weighted by molar-refractivity contribution is -0.118. The normalized spacial score (nSPS) is 15.2. The number of carbonyl (C=O) groups is 1. The zero-order valence-electron chi connectivity index (χ0n) is 14.2. The summed E-state index contributed by atoms with van der Waals surface area (Å²) >= 11 is 0. The van der Waals surface area contributed by atoms with Crippen LogP contribution in [0.2, 0.25) is 0 Å². The number of hydrogen-bond donors (Lipinski definition) is 1. The summed E-state index contributed by atoms with van der Waals surface area (Å²) < 4.78 is 0. The van der Waals surface area contributed by atoms with E-state index in [2.05, 4.69) is 17.4 Å². The molecule has 0 spiro atoms. The van der Waals surface area contributed by atoms with Crippen LogP contribution in [0.25, 0.3) is 0 Å². The summed E-state index contributed by atoms with van der Waals surface area (Å²) in [6.07, 6.45) is 6.27. The lowest BCUT2D eigenvalue weighted by Crippen LogP contribution is -2.42. The van der Waals surface area contributed by atoms with Gasteiger partial charge in [0.15, 0.2) is 0 Å². The summed E-state index contributed by atoms with van der Waals surface area (Å²) in [6, 6.07) is 20.6. The Hall–Kier alpha value is -2.13. The minimum absolute atomic E-state index is 0.135. The van der Waals surface area contributed by atoms with Gasteiger partial charge in [0, 0.05) is 11.7 Å². The first-order chi connectivity index (χ1) is 11.8. The summed E-state index contributed by atoms with van der Waals surface area (Å²) in [6.45, 7) is 1.02. The van der Waals surface area contributed by atoms with Crippen molar-refractivity contribution in [3.8, 4) is 0 Å². The molecule has 0 aliphatic heterocycles. The van der Waals surface area contributed by atoms with Gasteiger partial charge in [-0.15, -0.1) is 0 Å². The number of para-hydroxylation sites is 1. The fourth-order valence-corrected chi connectivity index (χ4v) is 3.33. The molecule has 1 amide bonds. The zero-order chi connectivity index (χ0) is 16.6. The minimum atomic E-state index is 0.135. The molecule has 0 unspecified atom stereocenters. The maximum absolute atomic E-state index is 12.9. The van der Waals surface area contributed by atoms with E-state index in [4.69, 9.17) is 0 Å². The third kappa shape index (κ3) is 4.68. The van der Waals surface area contributed by atoms with Crippen molar-refractivity contribution < 1.29 is 4.79 Å². The topological polar surface area (TPSA) is 32.3 Å². The van der Waals surface area contributed by atoms with E-state index in [0.29, 0.717) is 19.1 Å². The molecule has 1 aliphatic rings. The van der Waals surface area contributed by atoms with E-state index in [1.807, 2.05) is 53.4 Å². The van der Waals surface area contributed by atoms with E-state index >= 15 is 0 Å². The van der Waals surface area contributed by atoms with Gasteiger partial charge in [-0.05, 0) is 30.5 Å². The second-order valence-corrected chi connectivity index (χ2v) is 6.52. The van der Waals surface area contributed by atoms with E-state index < -0.39 is 0 Å². The van der Waals surface area contributed by atoms with Gasteiger partial charge in [0.25, 0.3) is 0 Å². The van der Waals surface area contributed by atoms with Crippen molar-refractivity contribution in [2.75, 3.05) is 11.4 Å². The van der Waals surface area contributed by atoms with E-state index in [-0.39, 0.29) is 5.91 Å². The molecule has 1 aliphatic carbocycles. The molecule has 2 aromatic carbocycles. The van der Waals surface area contributed by atoms with Gasteiger partial charge in [-0.2, -0.15) is 0 Å². The van der Waals surface area contributed by atoms with Crippen LogP contribution in [0, 0.1) is 0 Å². The van der Waals surface area contributed by atoms with Gasteiger partial charge in [0.2, 0.25) is 5.91 Å². The highest BCUT2D eigenvalue weighted by molar-refractivity contribution is 5.94. The van der Waals surface area contributed by atoms with Crippen LogP contribution in [0.5, 0.6) is 0 Å². The smallest absolute Gasteiger partial charge is 0.241 e. The van der Waals surface area contributed by atoms with Crippen LogP contribution in [0.1, 0.15) is 37.7 Å². The first-order valence-corrected chi connectivity index (χ1v) is 8.95. The van der Waals surface area contributed by atoms with E-state index in [0.717, 1.165) is 11.3 Å². The predicted octanol–water partition coefficient (Wildman–Crippen LogP) is 4.14. The third-order valence-corrected chi connectivity index (χ3v) is 4.70. The molecule has 1 N–H and O–H groups in total. The molecule has 0 radical (unpaired) electrons. The summed E-state index contributed by atoms with van der Waals surface area (Å²) in [5, 5.41) is 3.47. The Balaban J connectivity index is 1.67. The van der Waals surface area contributed by atoms with E-state index in [1.54, 1.807) is 0 Å². The number of amides is 1. The van der Waals surface area contributed by atoms with Gasteiger partial charge in [0.05, 0.1) is 13.1 Å². The Kier molecular flexibility index (Phi) is 6.02. The van der Waals surface area contributed by atoms with Crippen molar-refractivity contribution in [1.29, 1.82) is 0 Å². The standard InChI is InChI=1S/C21H26N2O/c24-21(16-22-19-12-6-2-7-13-19)23(20-14-8-3-9-15-20)17-18-10-4-1-5-11-18/h1,3-5,8-11,14-15,19,22H,2,6-7,12-13,16-17H2. The van der Waals surface area contributed by atoms with Gasteiger partial charge in [-0.25, -0.2) is 0 Å². The maximum atomic E-state index is 12.9. The molecule has 2 aromatic rings. The highest BCUT2D eigenvalue weighted by Gasteiger charge is 2.19. The van der Waals surface area contributed by atoms with Crippen molar-refractivity contribution >= 4 is 11.6 Å². The number of hydrogen-bond acceptors (Lipinski definition) is 2. The third-order valence-electron chi connectivity index (χ3n) is 4.70. The monoisotopic (exact) mass is 322 g/mol. The molecule has 3 rings (SSSR count). The quantitative estimate of drug-likeness (QED) is 0.867. The van der Waals surface area contributed by atoms with Crippen molar-refractivity contribution in [1.82, 2.24) is 5.32 Å². The Morgan fingerprint density at radius 2 is 1.54 bits per heavy atom. The van der Waals surface area contributed by atoms with Crippen LogP contribution in [0.4, 0.5) is 5.69 Å². The summed E-state index contributed by atoms with van der Waals surface area (Å²) in [5.74, 6) is 0.135. The number of anilines is 1. The molecule has 3 nitrogen and oxygen atoms in total. The Morgan fingerprint density at radius 1 is 0.917 bits per heavy atom. The molecular formula is C21H26N2O. The van der Waals surface area contributed by atoms with Gasteiger partial charge < -0.3 is 10.2 Å². The van der Waals surface area contributed by atoms with Crippen molar-refractivity contribution in [2.24, 2.45) is 0 Å². The highest BCUT2D eigenvalue weighted by Crippen LogP contribution is 2.19. The Bertz CT molecular complexity index is 621.